The van der Waals surface area contributed by atoms with E-state index >= 15 is 0 Å². The molecule has 0 aliphatic heterocycles. The monoisotopic (exact) mass is 200 g/mol. The van der Waals surface area contributed by atoms with Gasteiger partial charge in [0.05, 0.1) is 11.9 Å². The number of aromatic nitrogens is 2. The van der Waals surface area contributed by atoms with Gasteiger partial charge in [0.15, 0.2) is 0 Å². The van der Waals surface area contributed by atoms with Crippen molar-refractivity contribution in [1.82, 2.24) is 10.2 Å². The summed E-state index contributed by atoms with van der Waals surface area (Å²) in [6, 6.07) is 0. The van der Waals surface area contributed by atoms with Gasteiger partial charge in [0, 0.05) is 5.75 Å². The molecule has 0 aromatic carbocycles. The van der Waals surface area contributed by atoms with Crippen LogP contribution in [0, 0.1) is 0 Å². The predicted octanol–water partition coefficient (Wildman–Crippen LogP) is 1.75. The molecule has 0 aliphatic rings. The Morgan fingerprint density at radius 1 is 1.77 bits per heavy atom. The summed E-state index contributed by atoms with van der Waals surface area (Å²) < 4.78 is 0. The number of hydrogen-bond donors (Lipinski definition) is 2. The van der Waals surface area contributed by atoms with Crippen LogP contribution < -0.4 is 0 Å². The topological polar surface area (TPSA) is 66.0 Å². The Morgan fingerprint density at radius 3 is 3.00 bits per heavy atom. The zero-order chi connectivity index (χ0) is 9.84. The lowest BCUT2D eigenvalue weighted by molar-refractivity contribution is 0.0696. The maximum Gasteiger partial charge on any atom is 0.339 e. The Labute approximate surface area is 80.7 Å². The molecule has 2 N–H and O–H groups in total. The highest BCUT2D eigenvalue weighted by atomic mass is 32.2. The summed E-state index contributed by atoms with van der Waals surface area (Å²) in [5.74, 6) is -0.257. The van der Waals surface area contributed by atoms with Crippen LogP contribution in [0.3, 0.4) is 0 Å². The number of nitrogens with one attached hydrogen (secondary N) is 1. The molecular formula is C8H12N2O2S. The van der Waals surface area contributed by atoms with E-state index in [2.05, 4.69) is 24.0 Å². The number of thioether (sulfide) groups is 1. The van der Waals surface area contributed by atoms with Gasteiger partial charge in [-0.3, -0.25) is 5.10 Å². The van der Waals surface area contributed by atoms with Crippen molar-refractivity contribution in [2.45, 2.75) is 24.9 Å². The lowest BCUT2D eigenvalue weighted by Gasteiger charge is -2.02. The number of aromatic carboxylic acids is 1. The Kier molecular flexibility index (Phi) is 3.36. The highest BCUT2D eigenvalue weighted by Gasteiger charge is 2.12. The van der Waals surface area contributed by atoms with Gasteiger partial charge >= 0.3 is 5.97 Å². The molecular weight excluding hydrogens is 188 g/mol. The highest BCUT2D eigenvalue weighted by molar-refractivity contribution is 7.99. The third-order valence-corrected chi connectivity index (χ3v) is 2.63. The van der Waals surface area contributed by atoms with Gasteiger partial charge in [0.25, 0.3) is 0 Å². The van der Waals surface area contributed by atoms with Gasteiger partial charge in [-0.2, -0.15) is 16.9 Å². The molecule has 72 valence electrons. The summed E-state index contributed by atoms with van der Waals surface area (Å²) in [5, 5.41) is 15.6. The van der Waals surface area contributed by atoms with Crippen LogP contribution in [0.2, 0.25) is 0 Å². The Bertz CT molecular complexity index is 296. The van der Waals surface area contributed by atoms with Gasteiger partial charge in [0.1, 0.15) is 5.56 Å². The van der Waals surface area contributed by atoms with Gasteiger partial charge in [0.2, 0.25) is 0 Å². The molecule has 0 amide bonds. The maximum absolute atomic E-state index is 10.7. The van der Waals surface area contributed by atoms with Gasteiger partial charge in [-0.15, -0.1) is 0 Å². The van der Waals surface area contributed by atoms with Crippen molar-refractivity contribution in [3.63, 3.8) is 0 Å². The highest BCUT2D eigenvalue weighted by Crippen LogP contribution is 2.17. The summed E-state index contributed by atoms with van der Waals surface area (Å²) in [7, 11) is 0. The summed E-state index contributed by atoms with van der Waals surface area (Å²) in [6.45, 7) is 4.14. The zero-order valence-corrected chi connectivity index (χ0v) is 8.39. The Balaban J connectivity index is 2.65. The average Bonchev–Trinajstić information content (AvgIpc) is 2.47. The van der Waals surface area contributed by atoms with Crippen molar-refractivity contribution in [3.8, 4) is 0 Å². The molecule has 0 saturated carbocycles. The zero-order valence-electron chi connectivity index (χ0n) is 7.57. The molecule has 1 rings (SSSR count). The van der Waals surface area contributed by atoms with Crippen LogP contribution in [0.15, 0.2) is 6.20 Å². The van der Waals surface area contributed by atoms with E-state index in [1.54, 1.807) is 11.8 Å². The summed E-state index contributed by atoms with van der Waals surface area (Å²) in [6.07, 6.45) is 1.35. The fourth-order valence-electron chi connectivity index (χ4n) is 0.857. The quantitative estimate of drug-likeness (QED) is 0.777. The third kappa shape index (κ3) is 2.77. The molecule has 0 bridgehead atoms. The standard InChI is InChI=1S/C8H12N2O2S/c1-5(2)13-4-7-6(8(11)12)3-9-10-7/h3,5H,4H2,1-2H3,(H,9,10)(H,11,12). The number of carbonyl (C=O) groups is 1. The maximum atomic E-state index is 10.7. The van der Waals surface area contributed by atoms with E-state index in [9.17, 15) is 4.79 Å². The van der Waals surface area contributed by atoms with Crippen LogP contribution in [0.25, 0.3) is 0 Å². The fourth-order valence-corrected chi connectivity index (χ4v) is 1.58. The van der Waals surface area contributed by atoms with E-state index in [1.165, 1.54) is 6.20 Å². The van der Waals surface area contributed by atoms with E-state index in [1.807, 2.05) is 0 Å². The predicted molar refractivity (Wildman–Crippen MR) is 52.0 cm³/mol. The van der Waals surface area contributed by atoms with Crippen LogP contribution in [-0.4, -0.2) is 26.5 Å². The first-order chi connectivity index (χ1) is 6.11. The van der Waals surface area contributed by atoms with Gasteiger partial charge < -0.3 is 5.11 Å². The van der Waals surface area contributed by atoms with E-state index in [4.69, 9.17) is 5.11 Å². The number of carboxylic acids is 1. The van der Waals surface area contributed by atoms with E-state index in [0.717, 1.165) is 0 Å². The molecule has 1 aromatic rings. The first-order valence-corrected chi connectivity index (χ1v) is 5.03. The smallest absolute Gasteiger partial charge is 0.339 e. The molecule has 0 unspecified atom stereocenters. The third-order valence-electron chi connectivity index (χ3n) is 1.51. The molecule has 0 aliphatic carbocycles. The Morgan fingerprint density at radius 2 is 2.46 bits per heavy atom. The number of carboxylic acid groups (broad SMARTS) is 1. The number of aromatic amines is 1. The molecule has 13 heavy (non-hydrogen) atoms. The van der Waals surface area contributed by atoms with Crippen molar-refractivity contribution in [2.75, 3.05) is 0 Å². The molecule has 0 radical (unpaired) electrons. The van der Waals surface area contributed by atoms with Gasteiger partial charge in [-0.1, -0.05) is 13.8 Å². The molecule has 0 spiro atoms. The van der Waals surface area contributed by atoms with E-state index in [-0.39, 0.29) is 5.56 Å². The number of nitrogens with zero attached hydrogens (tertiary/aromatic N) is 1. The number of H-pyrrole nitrogens is 1. The van der Waals surface area contributed by atoms with Crippen LogP contribution in [0.4, 0.5) is 0 Å². The summed E-state index contributed by atoms with van der Waals surface area (Å²) in [5.41, 5.74) is 0.958. The van der Waals surface area contributed by atoms with E-state index in [0.29, 0.717) is 16.7 Å². The van der Waals surface area contributed by atoms with E-state index < -0.39 is 5.97 Å². The molecule has 1 heterocycles. The second kappa shape index (κ2) is 4.32. The minimum atomic E-state index is -0.923. The fraction of sp³-hybridized carbons (Fsp3) is 0.500. The van der Waals surface area contributed by atoms with Crippen LogP contribution in [-0.2, 0) is 5.75 Å². The molecule has 0 fully saturated rings. The second-order valence-electron chi connectivity index (χ2n) is 2.93. The van der Waals surface area contributed by atoms with Gasteiger partial charge in [-0.05, 0) is 5.25 Å². The lowest BCUT2D eigenvalue weighted by Crippen LogP contribution is -2.00. The first kappa shape index (κ1) is 10.1. The molecule has 1 aromatic heterocycles. The van der Waals surface area contributed by atoms with Crippen LogP contribution >= 0.6 is 11.8 Å². The van der Waals surface area contributed by atoms with Crippen molar-refractivity contribution < 1.29 is 9.90 Å². The van der Waals surface area contributed by atoms with Crippen LogP contribution in [0.5, 0.6) is 0 Å². The van der Waals surface area contributed by atoms with Gasteiger partial charge in [-0.25, -0.2) is 4.79 Å². The summed E-state index contributed by atoms with van der Waals surface area (Å²) >= 11 is 1.69. The second-order valence-corrected chi connectivity index (χ2v) is 4.49. The summed E-state index contributed by atoms with van der Waals surface area (Å²) in [4.78, 5) is 10.7. The molecule has 0 atom stereocenters. The number of rotatable bonds is 4. The average molecular weight is 200 g/mol. The molecule has 4 nitrogen and oxygen atoms in total. The Hall–Kier alpha value is -0.970. The van der Waals surface area contributed by atoms with Crippen molar-refractivity contribution in [1.29, 1.82) is 0 Å². The molecule has 5 heteroatoms. The number of hydrogen-bond acceptors (Lipinski definition) is 3. The minimum Gasteiger partial charge on any atom is -0.478 e. The first-order valence-electron chi connectivity index (χ1n) is 3.98. The van der Waals surface area contributed by atoms with Crippen molar-refractivity contribution in [2.24, 2.45) is 0 Å². The van der Waals surface area contributed by atoms with Crippen molar-refractivity contribution >= 4 is 17.7 Å². The normalized spacial score (nSPS) is 10.7. The minimum absolute atomic E-state index is 0.271. The van der Waals surface area contributed by atoms with Crippen molar-refractivity contribution in [3.05, 3.63) is 17.5 Å². The largest absolute Gasteiger partial charge is 0.478 e. The van der Waals surface area contributed by atoms with Crippen LogP contribution in [0.1, 0.15) is 29.9 Å². The lowest BCUT2D eigenvalue weighted by atomic mass is 10.3. The SMILES string of the molecule is CC(C)SCc1[nH]ncc1C(=O)O. The molecule has 0 saturated heterocycles.